The number of carbonyl (C=O) groups excluding carboxylic acids is 1. The minimum absolute atomic E-state index is 0.000139. The molecule has 1 N–H and O–H groups in total. The fourth-order valence-electron chi connectivity index (χ4n) is 4.10. The van der Waals surface area contributed by atoms with Crippen LogP contribution >= 0.6 is 0 Å². The molecule has 5 heteroatoms. The summed E-state index contributed by atoms with van der Waals surface area (Å²) in [6.45, 7) is 6.56. The van der Waals surface area contributed by atoms with E-state index in [9.17, 15) is 9.18 Å². The average Bonchev–Trinajstić information content (AvgIpc) is 2.75. The number of piperidine rings is 1. The van der Waals surface area contributed by atoms with Gasteiger partial charge in [0, 0.05) is 18.0 Å². The lowest BCUT2D eigenvalue weighted by Crippen LogP contribution is -2.41. The lowest BCUT2D eigenvalue weighted by molar-refractivity contribution is -0.127. The average molecular weight is 413 g/mol. The van der Waals surface area contributed by atoms with Gasteiger partial charge in [0.2, 0.25) is 5.91 Å². The van der Waals surface area contributed by atoms with Gasteiger partial charge in [0.05, 0.1) is 13.2 Å². The zero-order chi connectivity index (χ0) is 21.5. The topological polar surface area (TPSA) is 41.6 Å². The fraction of sp³-hybridized carbons (Fsp3) is 0.480. The Balaban J connectivity index is 1.56. The number of benzene rings is 2. The van der Waals surface area contributed by atoms with Gasteiger partial charge in [-0.3, -0.25) is 9.69 Å². The van der Waals surface area contributed by atoms with Gasteiger partial charge in [0.15, 0.2) is 0 Å². The minimum atomic E-state index is -0.159. The Morgan fingerprint density at radius 1 is 1.13 bits per heavy atom. The summed E-state index contributed by atoms with van der Waals surface area (Å²) in [4.78, 5) is 15.2. The van der Waals surface area contributed by atoms with E-state index in [1.807, 2.05) is 36.4 Å². The zero-order valence-electron chi connectivity index (χ0n) is 18.2. The van der Waals surface area contributed by atoms with Gasteiger partial charge in [0.1, 0.15) is 11.6 Å². The zero-order valence-corrected chi connectivity index (χ0v) is 18.2. The number of nitrogens with zero attached hydrogens (tertiary/aromatic N) is 1. The molecular formula is C25H33FN2O2. The number of ether oxygens (including phenoxy) is 1. The standard InChI is InChI=1S/C25H33FN2O2/c1-18(2)16-24(19-8-10-22(30-3)11-9-19)27-25(29)20-12-14-28(15-13-20)17-21-6-4-5-7-23(21)26/h4-11,18,20,24H,12-17H2,1-3H3,(H,27,29)/t24-/m1/s1. The van der Waals surface area contributed by atoms with Gasteiger partial charge in [-0.2, -0.15) is 0 Å². The van der Waals surface area contributed by atoms with Crippen LogP contribution in [0.1, 0.15) is 50.3 Å². The van der Waals surface area contributed by atoms with Gasteiger partial charge >= 0.3 is 0 Å². The molecule has 0 spiro atoms. The van der Waals surface area contributed by atoms with E-state index in [0.717, 1.165) is 49.2 Å². The first kappa shape index (κ1) is 22.3. The Morgan fingerprint density at radius 2 is 1.80 bits per heavy atom. The molecule has 0 unspecified atom stereocenters. The van der Waals surface area contributed by atoms with E-state index in [4.69, 9.17) is 4.74 Å². The molecule has 162 valence electrons. The Bertz CT molecular complexity index is 814. The van der Waals surface area contributed by atoms with Crippen LogP contribution in [0.3, 0.4) is 0 Å². The molecule has 1 heterocycles. The molecule has 3 rings (SSSR count). The number of likely N-dealkylation sites (tertiary alicyclic amines) is 1. The summed E-state index contributed by atoms with van der Waals surface area (Å²) in [6.07, 6.45) is 2.50. The SMILES string of the molecule is COc1ccc([C@@H](CC(C)C)NC(=O)C2CCN(Cc3ccccc3F)CC2)cc1. The molecule has 1 aliphatic rings. The molecule has 1 aliphatic heterocycles. The predicted octanol–water partition coefficient (Wildman–Crippen LogP) is 4.95. The lowest BCUT2D eigenvalue weighted by Gasteiger charge is -2.32. The molecule has 2 aromatic carbocycles. The predicted molar refractivity (Wildman–Crippen MR) is 118 cm³/mol. The number of methoxy groups -OCH3 is 1. The third kappa shape index (κ3) is 6.05. The van der Waals surface area contributed by atoms with Crippen LogP contribution in [0.5, 0.6) is 5.75 Å². The van der Waals surface area contributed by atoms with Crippen LogP contribution in [0.2, 0.25) is 0 Å². The first-order valence-corrected chi connectivity index (χ1v) is 10.9. The van der Waals surface area contributed by atoms with Crippen molar-refractivity contribution in [2.24, 2.45) is 11.8 Å². The third-order valence-corrected chi connectivity index (χ3v) is 5.85. The van der Waals surface area contributed by atoms with Crippen LogP contribution in [0.25, 0.3) is 0 Å². The molecule has 30 heavy (non-hydrogen) atoms. The van der Waals surface area contributed by atoms with Crippen molar-refractivity contribution in [1.82, 2.24) is 10.2 Å². The molecule has 0 saturated carbocycles. The van der Waals surface area contributed by atoms with Crippen LogP contribution in [-0.4, -0.2) is 31.0 Å². The molecule has 0 radical (unpaired) electrons. The Labute approximate surface area is 179 Å². The summed E-state index contributed by atoms with van der Waals surface area (Å²) in [5.74, 6) is 1.26. The summed E-state index contributed by atoms with van der Waals surface area (Å²) in [6, 6.07) is 14.9. The molecule has 1 fully saturated rings. The van der Waals surface area contributed by atoms with E-state index >= 15 is 0 Å². The van der Waals surface area contributed by atoms with Gasteiger partial charge in [0.25, 0.3) is 0 Å². The van der Waals surface area contributed by atoms with Crippen molar-refractivity contribution in [3.8, 4) is 5.75 Å². The summed E-state index contributed by atoms with van der Waals surface area (Å²) in [5.41, 5.74) is 1.83. The van der Waals surface area contributed by atoms with Gasteiger partial charge in [-0.25, -0.2) is 4.39 Å². The fourth-order valence-corrected chi connectivity index (χ4v) is 4.10. The molecule has 1 amide bonds. The van der Waals surface area contributed by atoms with Crippen LogP contribution in [0.15, 0.2) is 48.5 Å². The Hall–Kier alpha value is -2.40. The molecular weight excluding hydrogens is 379 g/mol. The highest BCUT2D eigenvalue weighted by Gasteiger charge is 2.27. The van der Waals surface area contributed by atoms with Gasteiger partial charge in [-0.15, -0.1) is 0 Å². The van der Waals surface area contributed by atoms with Crippen LogP contribution in [0, 0.1) is 17.7 Å². The highest BCUT2D eigenvalue weighted by Crippen LogP contribution is 2.26. The second-order valence-corrected chi connectivity index (χ2v) is 8.61. The first-order valence-electron chi connectivity index (χ1n) is 10.9. The van der Waals surface area contributed by atoms with Crippen molar-refractivity contribution >= 4 is 5.91 Å². The summed E-state index contributed by atoms with van der Waals surface area (Å²) in [7, 11) is 1.65. The van der Waals surface area contributed by atoms with E-state index in [0.29, 0.717) is 12.5 Å². The number of hydrogen-bond donors (Lipinski definition) is 1. The van der Waals surface area contributed by atoms with Crippen LogP contribution in [0.4, 0.5) is 4.39 Å². The van der Waals surface area contributed by atoms with E-state index in [1.54, 1.807) is 13.2 Å². The second kappa shape index (κ2) is 10.6. The normalized spacial score (nSPS) is 16.4. The maximum atomic E-state index is 13.9. The summed E-state index contributed by atoms with van der Waals surface area (Å²) < 4.78 is 19.2. The van der Waals surface area contributed by atoms with Crippen molar-refractivity contribution in [1.29, 1.82) is 0 Å². The quantitative estimate of drug-likeness (QED) is 0.667. The van der Waals surface area contributed by atoms with Crippen molar-refractivity contribution in [2.45, 2.75) is 45.7 Å². The number of hydrogen-bond acceptors (Lipinski definition) is 3. The first-order chi connectivity index (χ1) is 14.5. The molecule has 1 atom stereocenters. The lowest BCUT2D eigenvalue weighted by atomic mass is 9.92. The van der Waals surface area contributed by atoms with Gasteiger partial charge < -0.3 is 10.1 Å². The smallest absolute Gasteiger partial charge is 0.223 e. The van der Waals surface area contributed by atoms with Crippen LogP contribution in [-0.2, 0) is 11.3 Å². The number of nitrogens with one attached hydrogen (secondary N) is 1. The maximum Gasteiger partial charge on any atom is 0.223 e. The van der Waals surface area contributed by atoms with Crippen molar-refractivity contribution in [3.63, 3.8) is 0 Å². The van der Waals surface area contributed by atoms with E-state index in [2.05, 4.69) is 24.1 Å². The molecule has 0 bridgehead atoms. The minimum Gasteiger partial charge on any atom is -0.497 e. The molecule has 4 nitrogen and oxygen atoms in total. The van der Waals surface area contributed by atoms with E-state index in [1.165, 1.54) is 6.07 Å². The molecule has 0 aromatic heterocycles. The number of halogens is 1. The Morgan fingerprint density at radius 3 is 2.40 bits per heavy atom. The number of amides is 1. The Kier molecular flexibility index (Phi) is 7.86. The monoisotopic (exact) mass is 412 g/mol. The molecule has 1 saturated heterocycles. The van der Waals surface area contributed by atoms with Gasteiger partial charge in [-0.05, 0) is 62.0 Å². The van der Waals surface area contributed by atoms with Crippen LogP contribution < -0.4 is 10.1 Å². The largest absolute Gasteiger partial charge is 0.497 e. The van der Waals surface area contributed by atoms with Crippen molar-refractivity contribution in [2.75, 3.05) is 20.2 Å². The van der Waals surface area contributed by atoms with Crippen molar-refractivity contribution < 1.29 is 13.9 Å². The maximum absolute atomic E-state index is 13.9. The van der Waals surface area contributed by atoms with E-state index in [-0.39, 0.29) is 23.7 Å². The van der Waals surface area contributed by atoms with Gasteiger partial charge in [-0.1, -0.05) is 44.2 Å². The van der Waals surface area contributed by atoms with E-state index < -0.39 is 0 Å². The highest BCUT2D eigenvalue weighted by molar-refractivity contribution is 5.79. The van der Waals surface area contributed by atoms with Crippen molar-refractivity contribution in [3.05, 3.63) is 65.5 Å². The summed E-state index contributed by atoms with van der Waals surface area (Å²) in [5, 5.41) is 3.29. The summed E-state index contributed by atoms with van der Waals surface area (Å²) >= 11 is 0. The molecule has 0 aliphatic carbocycles. The highest BCUT2D eigenvalue weighted by atomic mass is 19.1. The third-order valence-electron chi connectivity index (χ3n) is 5.85. The molecule has 2 aromatic rings. The second-order valence-electron chi connectivity index (χ2n) is 8.61. The number of rotatable bonds is 8. The number of carbonyl (C=O) groups is 1.